The van der Waals surface area contributed by atoms with E-state index in [1.165, 1.54) is 264 Å². The van der Waals surface area contributed by atoms with Gasteiger partial charge >= 0.3 is 13.7 Å². The van der Waals surface area contributed by atoms with Gasteiger partial charge in [0.25, 0.3) is 0 Å². The van der Waals surface area contributed by atoms with Crippen LogP contribution in [0.5, 0.6) is 0 Å². The van der Waals surface area contributed by atoms with Gasteiger partial charge in [-0.05, 0) is 327 Å². The van der Waals surface area contributed by atoms with E-state index in [4.69, 9.17) is 0 Å². The standard InChI is InChI=1S/C128H120B2N4S4/c1-119(2,3)75-41-45-77(46-42-75)133-97-67-93-89(123(11,12)53-56-126(93,17)18)63-83(97)103-105-79-31-25-27-33-99(79)135-115(105)107-82-62-88-92(125(15,16)55-52-122(88,9)10)66-96(82)132-112-86-60-74(40-50-102(86)138-117(112)129(133)109(103)113(107)132)72-37-35-70(36-38-72)69-128(21)58-57-127(19,20)90-64-84-98(68-94(90)128)134(78-47-43-76(44-48-78)120(4,5)6)130-110-104(84)106-80-32-26-28-34-100(80)136-116(106)108-81-61-87-91(124(13,14)54-51-121(87,7)8)65-95(81)131(114(108)110)111-85-59-73(71-29-23-22-24-30-71)39-49-101(85)137-118(111)130/h22-50,59-68H,51-58,69H2,1-21H3. The molecule has 0 bridgehead atoms. The van der Waals surface area contributed by atoms with Gasteiger partial charge in [-0.2, -0.15) is 0 Å². The Balaban J connectivity index is 0.646. The minimum absolute atomic E-state index is 0.00408. The van der Waals surface area contributed by atoms with Crippen molar-refractivity contribution in [3.8, 4) is 55.9 Å². The lowest BCUT2D eigenvalue weighted by molar-refractivity contribution is 0.310. The fourth-order valence-electron chi connectivity index (χ4n) is 27.9. The van der Waals surface area contributed by atoms with E-state index in [-0.39, 0.29) is 67.8 Å². The van der Waals surface area contributed by atoms with Gasteiger partial charge in [0.05, 0.1) is 33.4 Å². The monoisotopic (exact) mass is 1860 g/mol. The molecule has 0 amide bonds. The molecule has 0 fully saturated rings. The van der Waals surface area contributed by atoms with Gasteiger partial charge in [-0.3, -0.25) is 0 Å². The molecule has 14 aromatic carbocycles. The number of rotatable bonds is 6. The SMILES string of the molecule is CC(C)(C)c1ccc(N2B3c4sc5ccc(-c6ccc(CC7(C)CCC(C)(C)c8cc9c(cc87)N(c7ccc(C(C)(C)C)cc7)B7c8sc%10ccc(-c%11ccccc%11)cc%10c8-n8c%10cc%11c(cc%10c%10c%12sc%13ccccc%13c%12c-9c7c%108)C(C)(C)CCC%11(C)C)cc6)cc5c4-n4c5cc6c(cc5c5c7sc8ccccc8c7c(c3c54)-c3cc4c(cc32)C(C)(C)CCC4(C)C)C(C)(C)CCC6(C)C)cc1. The van der Waals surface area contributed by atoms with Crippen LogP contribution in [0.4, 0.5) is 22.7 Å². The second kappa shape index (κ2) is 27.7. The van der Waals surface area contributed by atoms with Gasteiger partial charge in [0.2, 0.25) is 0 Å². The number of benzene rings is 14. The molecule has 0 saturated carbocycles. The maximum absolute atomic E-state index is 2.88. The van der Waals surface area contributed by atoms with Gasteiger partial charge in [0.1, 0.15) is 0 Å². The van der Waals surface area contributed by atoms with E-state index >= 15 is 0 Å². The normalized spacial score (nSPS) is 19.1. The molecule has 682 valence electrons. The Morgan fingerprint density at radius 1 is 0.297 bits per heavy atom. The van der Waals surface area contributed by atoms with Crippen LogP contribution in [-0.4, -0.2) is 22.8 Å². The molecule has 10 heteroatoms. The summed E-state index contributed by atoms with van der Waals surface area (Å²) >= 11 is 8.16. The van der Waals surface area contributed by atoms with E-state index in [1.807, 2.05) is 34.0 Å². The number of anilines is 4. The van der Waals surface area contributed by atoms with Crippen molar-refractivity contribution >= 4 is 206 Å². The number of aromatic nitrogens is 2. The molecule has 1 unspecified atom stereocenters. The van der Waals surface area contributed by atoms with E-state index in [0.29, 0.717) is 0 Å². The molecule has 138 heavy (non-hydrogen) atoms. The lowest BCUT2D eigenvalue weighted by Crippen LogP contribution is -2.59. The summed E-state index contributed by atoms with van der Waals surface area (Å²) in [6.45, 7) is 52.0. The molecule has 4 aliphatic carbocycles. The highest BCUT2D eigenvalue weighted by Crippen LogP contribution is 2.63. The summed E-state index contributed by atoms with van der Waals surface area (Å²) in [4.78, 5) is 5.74. The molecule has 0 spiro atoms. The van der Waals surface area contributed by atoms with Crippen molar-refractivity contribution in [2.45, 2.75) is 257 Å². The van der Waals surface area contributed by atoms with Crippen LogP contribution in [0.2, 0.25) is 0 Å². The van der Waals surface area contributed by atoms with Crippen LogP contribution in [0, 0.1) is 0 Å². The van der Waals surface area contributed by atoms with Gasteiger partial charge in [0, 0.05) is 125 Å². The summed E-state index contributed by atoms with van der Waals surface area (Å²) in [5, 5.41) is 13.8. The Morgan fingerprint density at radius 3 is 1.07 bits per heavy atom. The predicted octanol–water partition coefficient (Wildman–Crippen LogP) is 34.1. The Kier molecular flexibility index (Phi) is 17.0. The first-order chi connectivity index (χ1) is 65.7. The molecule has 20 aromatic rings. The molecule has 8 aliphatic rings. The minimum atomic E-state index is -0.219. The first-order valence-electron chi connectivity index (χ1n) is 51.2. The molecule has 10 heterocycles. The summed E-state index contributed by atoms with van der Waals surface area (Å²) in [6, 6.07) is 96.7. The second-order valence-corrected chi connectivity index (χ2v) is 54.4. The maximum atomic E-state index is 2.88. The second-order valence-electron chi connectivity index (χ2n) is 50.1. The van der Waals surface area contributed by atoms with E-state index in [2.05, 4.69) is 412 Å². The molecular formula is C128H120B2N4S4. The van der Waals surface area contributed by atoms with Crippen LogP contribution >= 0.6 is 45.3 Å². The van der Waals surface area contributed by atoms with Crippen LogP contribution in [0.15, 0.2) is 237 Å². The van der Waals surface area contributed by atoms with Crippen LogP contribution in [0.25, 0.3) is 160 Å². The summed E-state index contributed by atoms with van der Waals surface area (Å²) in [6.07, 6.45) is 9.98. The van der Waals surface area contributed by atoms with E-state index in [0.717, 1.165) is 57.8 Å². The lowest BCUT2D eigenvalue weighted by Gasteiger charge is -2.47. The zero-order valence-electron chi connectivity index (χ0n) is 84.0. The van der Waals surface area contributed by atoms with Gasteiger partial charge in [-0.15, -0.1) is 45.3 Å². The number of nitrogens with zero attached hydrogens (tertiary/aromatic N) is 4. The van der Waals surface area contributed by atoms with Gasteiger partial charge in [-0.1, -0.05) is 273 Å². The Hall–Kier alpha value is -11.2. The fourth-order valence-corrected chi connectivity index (χ4v) is 33.0. The molecule has 0 N–H and O–H groups in total. The quantitative estimate of drug-likeness (QED) is 0.154. The molecule has 4 nitrogen and oxygen atoms in total. The van der Waals surface area contributed by atoms with E-state index < -0.39 is 0 Å². The Morgan fingerprint density at radius 2 is 0.645 bits per heavy atom. The zero-order valence-corrected chi connectivity index (χ0v) is 87.2. The molecule has 0 radical (unpaired) electrons. The predicted molar refractivity (Wildman–Crippen MR) is 604 cm³/mol. The van der Waals surface area contributed by atoms with Crippen LogP contribution in [0.3, 0.4) is 0 Å². The topological polar surface area (TPSA) is 16.3 Å². The smallest absolute Gasteiger partial charge is 0.343 e. The highest BCUT2D eigenvalue weighted by molar-refractivity contribution is 7.33. The lowest BCUT2D eigenvalue weighted by atomic mass is 9.46. The molecule has 0 saturated heterocycles. The van der Waals surface area contributed by atoms with Crippen LogP contribution < -0.4 is 30.1 Å². The average molecular weight is 1860 g/mol. The van der Waals surface area contributed by atoms with Crippen molar-refractivity contribution in [3.63, 3.8) is 0 Å². The largest absolute Gasteiger partial charge is 0.376 e. The number of hydrogen-bond donors (Lipinski definition) is 0. The highest BCUT2D eigenvalue weighted by Gasteiger charge is 2.54. The Bertz CT molecular complexity index is 8870. The van der Waals surface area contributed by atoms with Crippen molar-refractivity contribution in [2.75, 3.05) is 9.62 Å². The molecule has 1 atom stereocenters. The van der Waals surface area contributed by atoms with E-state index in [9.17, 15) is 0 Å². The highest BCUT2D eigenvalue weighted by atomic mass is 32.1. The van der Waals surface area contributed by atoms with Gasteiger partial charge < -0.3 is 18.8 Å². The molecule has 4 aliphatic heterocycles. The summed E-state index contributed by atoms with van der Waals surface area (Å²) in [5.74, 6) is 0. The van der Waals surface area contributed by atoms with Crippen molar-refractivity contribution in [2.24, 2.45) is 0 Å². The van der Waals surface area contributed by atoms with Crippen LogP contribution in [0.1, 0.15) is 258 Å². The van der Waals surface area contributed by atoms with Gasteiger partial charge in [-0.25, -0.2) is 0 Å². The maximum Gasteiger partial charge on any atom is 0.343 e. The minimum Gasteiger partial charge on any atom is -0.376 e. The first kappa shape index (κ1) is 84.8. The summed E-state index contributed by atoms with van der Waals surface area (Å²) in [7, 11) is 0. The number of thiophene rings is 4. The third-order valence-electron chi connectivity index (χ3n) is 36.3. The third-order valence-corrected chi connectivity index (χ3v) is 41.1. The summed E-state index contributed by atoms with van der Waals surface area (Å²) < 4.78 is 16.7. The molecule has 6 aromatic heterocycles. The average Bonchev–Trinajstić information content (AvgIpc) is 1.48. The summed E-state index contributed by atoms with van der Waals surface area (Å²) in [5.41, 5.74) is 42.5. The number of hydrogen-bond acceptors (Lipinski definition) is 6. The third kappa shape index (κ3) is 11.5. The van der Waals surface area contributed by atoms with Crippen molar-refractivity contribution < 1.29 is 0 Å². The molecular weight excluding hydrogens is 1740 g/mol. The van der Waals surface area contributed by atoms with Crippen molar-refractivity contribution in [3.05, 3.63) is 298 Å². The van der Waals surface area contributed by atoms with Gasteiger partial charge in [0.15, 0.2) is 0 Å². The first-order valence-corrected chi connectivity index (χ1v) is 54.5. The van der Waals surface area contributed by atoms with Crippen LogP contribution in [-0.2, 0) is 60.6 Å². The molecule has 28 rings (SSSR count). The van der Waals surface area contributed by atoms with Crippen molar-refractivity contribution in [1.82, 2.24) is 9.13 Å². The fraction of sp³-hybridized carbons (Fsp3) is 0.312. The Labute approximate surface area is 829 Å². The number of fused-ring (bicyclic) bond motifs is 34. The van der Waals surface area contributed by atoms with E-state index in [1.54, 1.807) is 0 Å². The van der Waals surface area contributed by atoms with Crippen molar-refractivity contribution in [1.29, 1.82) is 0 Å². The zero-order chi connectivity index (χ0) is 94.5.